The molecule has 9 aromatic rings. The lowest BCUT2D eigenvalue weighted by molar-refractivity contribution is 1.31. The first-order valence-corrected chi connectivity index (χ1v) is 16.7. The predicted molar refractivity (Wildman–Crippen MR) is 205 cm³/mol. The fourth-order valence-corrected chi connectivity index (χ4v) is 6.76. The van der Waals surface area contributed by atoms with Crippen LogP contribution < -0.4 is 0 Å². The molecule has 0 saturated heterocycles. The third kappa shape index (κ3) is 5.49. The Kier molecular flexibility index (Phi) is 7.45. The monoisotopic (exact) mass is 638 g/mol. The third-order valence-corrected chi connectivity index (χ3v) is 9.34. The van der Waals surface area contributed by atoms with Crippen LogP contribution in [0.2, 0.25) is 0 Å². The van der Waals surface area contributed by atoms with Crippen molar-refractivity contribution in [2.75, 3.05) is 0 Å². The molecule has 0 fully saturated rings. The van der Waals surface area contributed by atoms with Crippen LogP contribution >= 0.6 is 0 Å². The molecular formula is C46H30N4. The first kappa shape index (κ1) is 29.4. The van der Waals surface area contributed by atoms with E-state index in [-0.39, 0.29) is 0 Å². The standard InChI is InChI=1S/C46H30N4/c1-3-7-31(8-4-1)33-11-15-35(16-12-33)37-21-25-47-43(29-37)39-23-27-49-45-41(39)19-20-42-40(24-28-50-46(42)45)44-30-38(22-26-48-44)36-17-13-34(14-18-36)32-9-5-2-6-10-32/h1-30H. The van der Waals surface area contributed by atoms with Crippen LogP contribution in [0.5, 0.6) is 0 Å². The predicted octanol–water partition coefficient (Wildman–Crippen LogP) is 11.6. The third-order valence-electron chi connectivity index (χ3n) is 9.34. The van der Waals surface area contributed by atoms with E-state index < -0.39 is 0 Å². The zero-order valence-electron chi connectivity index (χ0n) is 27.1. The highest BCUT2D eigenvalue weighted by Gasteiger charge is 2.14. The van der Waals surface area contributed by atoms with Crippen LogP contribution in [0.15, 0.2) is 183 Å². The Morgan fingerprint density at radius 1 is 0.260 bits per heavy atom. The lowest BCUT2D eigenvalue weighted by Crippen LogP contribution is -1.93. The van der Waals surface area contributed by atoms with Gasteiger partial charge < -0.3 is 0 Å². The van der Waals surface area contributed by atoms with Gasteiger partial charge in [0.05, 0.1) is 22.4 Å². The van der Waals surface area contributed by atoms with Gasteiger partial charge in [-0.15, -0.1) is 0 Å². The summed E-state index contributed by atoms with van der Waals surface area (Å²) in [6.45, 7) is 0. The van der Waals surface area contributed by atoms with Gasteiger partial charge in [-0.2, -0.15) is 0 Å². The highest BCUT2D eigenvalue weighted by atomic mass is 14.7. The van der Waals surface area contributed by atoms with Gasteiger partial charge in [0.1, 0.15) is 0 Å². The minimum absolute atomic E-state index is 0.842. The molecule has 234 valence electrons. The van der Waals surface area contributed by atoms with Crippen molar-refractivity contribution < 1.29 is 0 Å². The highest BCUT2D eigenvalue weighted by Crippen LogP contribution is 2.36. The molecule has 0 radical (unpaired) electrons. The summed E-state index contributed by atoms with van der Waals surface area (Å²) in [4.78, 5) is 19.3. The average Bonchev–Trinajstić information content (AvgIpc) is 3.21. The van der Waals surface area contributed by atoms with E-state index in [4.69, 9.17) is 19.9 Å². The SMILES string of the molecule is c1ccc(-c2ccc(-c3ccnc(-c4ccnc5c4ccc4c(-c6cc(-c7ccc(-c8ccccc8)cc7)ccn6)ccnc45)c3)cc2)cc1. The molecule has 4 nitrogen and oxygen atoms in total. The van der Waals surface area contributed by atoms with Crippen molar-refractivity contribution in [1.29, 1.82) is 0 Å². The Morgan fingerprint density at radius 2 is 0.600 bits per heavy atom. The topological polar surface area (TPSA) is 51.6 Å². The van der Waals surface area contributed by atoms with E-state index in [0.29, 0.717) is 0 Å². The summed E-state index contributed by atoms with van der Waals surface area (Å²) in [5.41, 5.74) is 14.8. The zero-order chi connectivity index (χ0) is 33.3. The van der Waals surface area contributed by atoms with E-state index in [9.17, 15) is 0 Å². The molecule has 0 N–H and O–H groups in total. The van der Waals surface area contributed by atoms with Gasteiger partial charge in [0.15, 0.2) is 0 Å². The van der Waals surface area contributed by atoms with Crippen LogP contribution in [0.1, 0.15) is 0 Å². The second-order valence-corrected chi connectivity index (χ2v) is 12.3. The second kappa shape index (κ2) is 12.7. The molecule has 0 unspecified atom stereocenters. The normalized spacial score (nSPS) is 11.2. The number of hydrogen-bond donors (Lipinski definition) is 0. The van der Waals surface area contributed by atoms with Crippen LogP contribution in [0.3, 0.4) is 0 Å². The highest BCUT2D eigenvalue weighted by molar-refractivity contribution is 6.11. The maximum atomic E-state index is 4.84. The molecule has 4 aromatic heterocycles. The molecule has 0 saturated carbocycles. The summed E-state index contributed by atoms with van der Waals surface area (Å²) in [7, 11) is 0. The van der Waals surface area contributed by atoms with Crippen molar-refractivity contribution in [3.05, 3.63) is 183 Å². The van der Waals surface area contributed by atoms with Crippen molar-refractivity contribution in [3.63, 3.8) is 0 Å². The summed E-state index contributed by atoms with van der Waals surface area (Å²) in [6, 6.07) is 55.1. The van der Waals surface area contributed by atoms with E-state index >= 15 is 0 Å². The summed E-state index contributed by atoms with van der Waals surface area (Å²) in [5.74, 6) is 0. The Hall–Kier alpha value is -6.78. The molecule has 9 rings (SSSR count). The van der Waals surface area contributed by atoms with Crippen molar-refractivity contribution in [3.8, 4) is 67.0 Å². The Balaban J connectivity index is 1.06. The maximum absolute atomic E-state index is 4.84. The number of rotatable bonds is 6. The Labute approximate surface area is 290 Å². The Morgan fingerprint density at radius 3 is 1.00 bits per heavy atom. The second-order valence-electron chi connectivity index (χ2n) is 12.3. The summed E-state index contributed by atoms with van der Waals surface area (Å²) in [5, 5.41) is 2.02. The quantitative estimate of drug-likeness (QED) is 0.170. The zero-order valence-corrected chi connectivity index (χ0v) is 27.1. The van der Waals surface area contributed by atoms with Gasteiger partial charge in [0.2, 0.25) is 0 Å². The van der Waals surface area contributed by atoms with E-state index in [1.807, 2.05) is 49.1 Å². The summed E-state index contributed by atoms with van der Waals surface area (Å²) >= 11 is 0. The van der Waals surface area contributed by atoms with Crippen LogP contribution in [0.4, 0.5) is 0 Å². The minimum Gasteiger partial charge on any atom is -0.256 e. The molecule has 50 heavy (non-hydrogen) atoms. The van der Waals surface area contributed by atoms with Crippen molar-refractivity contribution >= 4 is 21.8 Å². The number of benzene rings is 5. The molecule has 5 aromatic carbocycles. The van der Waals surface area contributed by atoms with Crippen LogP contribution in [-0.4, -0.2) is 19.9 Å². The lowest BCUT2D eigenvalue weighted by Gasteiger charge is -2.12. The average molecular weight is 639 g/mol. The van der Waals surface area contributed by atoms with E-state index in [2.05, 4.69) is 133 Å². The van der Waals surface area contributed by atoms with E-state index in [1.54, 1.807) is 0 Å². The Bertz CT molecular complexity index is 2430. The van der Waals surface area contributed by atoms with Gasteiger partial charge in [-0.1, -0.05) is 121 Å². The van der Waals surface area contributed by atoms with Crippen LogP contribution in [0, 0.1) is 0 Å². The van der Waals surface area contributed by atoms with Gasteiger partial charge in [0, 0.05) is 46.7 Å². The summed E-state index contributed by atoms with van der Waals surface area (Å²) < 4.78 is 0. The lowest BCUT2D eigenvalue weighted by atomic mass is 9.97. The van der Waals surface area contributed by atoms with Crippen LogP contribution in [0.25, 0.3) is 88.8 Å². The van der Waals surface area contributed by atoms with Gasteiger partial charge in [-0.05, 0) is 80.9 Å². The van der Waals surface area contributed by atoms with Crippen LogP contribution in [-0.2, 0) is 0 Å². The fraction of sp³-hybridized carbons (Fsp3) is 0. The number of fused-ring (bicyclic) bond motifs is 3. The molecule has 4 heteroatoms. The van der Waals surface area contributed by atoms with Crippen molar-refractivity contribution in [2.24, 2.45) is 0 Å². The first-order chi connectivity index (χ1) is 24.8. The molecule has 0 aliphatic carbocycles. The molecule has 4 heterocycles. The number of aromatic nitrogens is 4. The van der Waals surface area contributed by atoms with Gasteiger partial charge >= 0.3 is 0 Å². The molecule has 0 amide bonds. The number of hydrogen-bond acceptors (Lipinski definition) is 4. The van der Waals surface area contributed by atoms with Gasteiger partial charge in [-0.25, -0.2) is 0 Å². The smallest absolute Gasteiger partial charge is 0.0971 e. The van der Waals surface area contributed by atoms with Gasteiger partial charge in [0.25, 0.3) is 0 Å². The largest absolute Gasteiger partial charge is 0.256 e. The van der Waals surface area contributed by atoms with Crippen molar-refractivity contribution in [2.45, 2.75) is 0 Å². The maximum Gasteiger partial charge on any atom is 0.0971 e. The first-order valence-electron chi connectivity index (χ1n) is 16.7. The molecule has 0 bridgehead atoms. The molecule has 0 spiro atoms. The van der Waals surface area contributed by atoms with E-state index in [0.717, 1.165) is 66.6 Å². The van der Waals surface area contributed by atoms with Gasteiger partial charge in [-0.3, -0.25) is 19.9 Å². The number of pyridine rings is 4. The molecular weight excluding hydrogens is 609 g/mol. The molecule has 0 aliphatic rings. The fourth-order valence-electron chi connectivity index (χ4n) is 6.76. The molecule has 0 aliphatic heterocycles. The van der Waals surface area contributed by atoms with E-state index in [1.165, 1.54) is 22.3 Å². The van der Waals surface area contributed by atoms with Crippen molar-refractivity contribution in [1.82, 2.24) is 19.9 Å². The minimum atomic E-state index is 0.842. The summed E-state index contributed by atoms with van der Waals surface area (Å²) in [6.07, 6.45) is 7.47. The number of nitrogens with zero attached hydrogens (tertiary/aromatic N) is 4. The molecule has 0 atom stereocenters.